The number of nitrogens with one attached hydrogen (secondary N) is 1. The van der Waals surface area contributed by atoms with Crippen LogP contribution in [-0.4, -0.2) is 59.0 Å². The molecular formula is C23H28N6O4S. The van der Waals surface area contributed by atoms with Gasteiger partial charge in [0.1, 0.15) is 11.4 Å². The van der Waals surface area contributed by atoms with E-state index in [0.29, 0.717) is 53.4 Å². The maximum absolute atomic E-state index is 13.1. The lowest BCUT2D eigenvalue weighted by Crippen LogP contribution is -2.42. The van der Waals surface area contributed by atoms with Crippen LogP contribution in [0.25, 0.3) is 5.69 Å². The molecule has 1 amide bonds. The van der Waals surface area contributed by atoms with Crippen molar-refractivity contribution in [2.24, 2.45) is 11.8 Å². The van der Waals surface area contributed by atoms with E-state index in [0.717, 1.165) is 6.42 Å². The number of nitrogens with zero attached hydrogens (tertiary/aromatic N) is 5. The van der Waals surface area contributed by atoms with Gasteiger partial charge in [0.2, 0.25) is 10.0 Å². The molecule has 11 heteroatoms. The van der Waals surface area contributed by atoms with E-state index in [4.69, 9.17) is 4.74 Å². The predicted octanol–water partition coefficient (Wildman–Crippen LogP) is 2.90. The Hall–Kier alpha value is -3.31. The average Bonchev–Trinajstić information content (AvgIpc) is 3.24. The molecule has 1 fully saturated rings. The number of anilines is 1. The number of ether oxygens (including phenoxy) is 1. The standard InChI is InChI=1S/C23H28N6O4S/c1-15-11-16(2)14-28(13-15)34(31,32)20-8-5-18(6-9-20)23(30)24-19-7-10-22(33-4)21(12-19)29-17(3)25-26-27-29/h5-10,12,15-16H,11,13-14H2,1-4H3,(H,24,30). The third-order valence-corrected chi connectivity index (χ3v) is 7.73. The molecule has 0 radical (unpaired) electrons. The molecule has 0 bridgehead atoms. The largest absolute Gasteiger partial charge is 0.494 e. The number of benzene rings is 2. The third-order valence-electron chi connectivity index (χ3n) is 5.88. The number of carbonyl (C=O) groups excluding carboxylic acids is 1. The Morgan fingerprint density at radius 1 is 1.09 bits per heavy atom. The maximum Gasteiger partial charge on any atom is 0.255 e. The number of tetrazole rings is 1. The zero-order valence-corrected chi connectivity index (χ0v) is 20.4. The molecule has 2 atom stereocenters. The van der Waals surface area contributed by atoms with Crippen LogP contribution in [0.1, 0.15) is 36.5 Å². The van der Waals surface area contributed by atoms with E-state index >= 15 is 0 Å². The van der Waals surface area contributed by atoms with Crippen molar-refractivity contribution in [3.8, 4) is 11.4 Å². The van der Waals surface area contributed by atoms with Crippen molar-refractivity contribution in [1.29, 1.82) is 0 Å². The monoisotopic (exact) mass is 484 g/mol. The quantitative estimate of drug-likeness (QED) is 0.571. The molecule has 10 nitrogen and oxygen atoms in total. The van der Waals surface area contributed by atoms with Crippen LogP contribution in [-0.2, 0) is 10.0 Å². The van der Waals surface area contributed by atoms with Gasteiger partial charge < -0.3 is 10.1 Å². The molecule has 1 saturated heterocycles. The Kier molecular flexibility index (Phi) is 6.67. The van der Waals surface area contributed by atoms with Crippen molar-refractivity contribution in [1.82, 2.24) is 24.5 Å². The highest BCUT2D eigenvalue weighted by atomic mass is 32.2. The highest BCUT2D eigenvalue weighted by Crippen LogP contribution is 2.28. The number of hydrogen-bond acceptors (Lipinski definition) is 7. The van der Waals surface area contributed by atoms with Gasteiger partial charge in [-0.15, -0.1) is 5.10 Å². The minimum absolute atomic E-state index is 0.186. The molecule has 180 valence electrons. The Morgan fingerprint density at radius 2 is 1.76 bits per heavy atom. The number of piperidine rings is 1. The van der Waals surface area contributed by atoms with Gasteiger partial charge in [0.25, 0.3) is 5.91 Å². The molecule has 1 aromatic heterocycles. The van der Waals surface area contributed by atoms with Crippen molar-refractivity contribution in [3.63, 3.8) is 0 Å². The number of rotatable bonds is 6. The van der Waals surface area contributed by atoms with Gasteiger partial charge in [-0.1, -0.05) is 13.8 Å². The molecule has 2 unspecified atom stereocenters. The lowest BCUT2D eigenvalue weighted by Gasteiger charge is -2.34. The predicted molar refractivity (Wildman–Crippen MR) is 127 cm³/mol. The van der Waals surface area contributed by atoms with Crippen LogP contribution < -0.4 is 10.1 Å². The van der Waals surface area contributed by atoms with Crippen LogP contribution in [0.3, 0.4) is 0 Å². The summed E-state index contributed by atoms with van der Waals surface area (Å²) in [5.41, 5.74) is 1.44. The van der Waals surface area contributed by atoms with Gasteiger partial charge in [-0.05, 0) is 78.1 Å². The highest BCUT2D eigenvalue weighted by Gasteiger charge is 2.31. The summed E-state index contributed by atoms with van der Waals surface area (Å²) in [5, 5.41) is 14.3. The van der Waals surface area contributed by atoms with Crippen LogP contribution in [0.15, 0.2) is 47.4 Å². The van der Waals surface area contributed by atoms with Crippen molar-refractivity contribution < 1.29 is 17.9 Å². The van der Waals surface area contributed by atoms with E-state index < -0.39 is 10.0 Å². The lowest BCUT2D eigenvalue weighted by molar-refractivity contribution is 0.102. The lowest BCUT2D eigenvalue weighted by atomic mass is 9.94. The minimum atomic E-state index is -3.61. The summed E-state index contributed by atoms with van der Waals surface area (Å²) < 4.78 is 34.6. The van der Waals surface area contributed by atoms with E-state index in [1.54, 1.807) is 29.4 Å². The zero-order chi connectivity index (χ0) is 24.5. The van der Waals surface area contributed by atoms with Crippen molar-refractivity contribution in [2.75, 3.05) is 25.5 Å². The van der Waals surface area contributed by atoms with Crippen molar-refractivity contribution in [2.45, 2.75) is 32.1 Å². The first kappa shape index (κ1) is 23.8. The summed E-state index contributed by atoms with van der Waals surface area (Å²) in [6.45, 7) is 6.91. The number of amides is 1. The molecule has 0 aliphatic carbocycles. The second-order valence-electron chi connectivity index (χ2n) is 8.77. The molecule has 0 spiro atoms. The SMILES string of the molecule is COc1ccc(NC(=O)c2ccc(S(=O)(=O)N3CC(C)CC(C)C3)cc2)cc1-n1nnnc1C. The van der Waals surface area contributed by atoms with Gasteiger partial charge in [0.05, 0.1) is 12.0 Å². The second-order valence-corrected chi connectivity index (χ2v) is 10.7. The normalized spacial score (nSPS) is 19.1. The van der Waals surface area contributed by atoms with Crippen molar-refractivity contribution in [3.05, 3.63) is 53.9 Å². The van der Waals surface area contributed by atoms with Gasteiger partial charge in [-0.25, -0.2) is 8.42 Å². The molecule has 4 rings (SSSR count). The maximum atomic E-state index is 13.1. The van der Waals surface area contributed by atoms with Gasteiger partial charge >= 0.3 is 0 Å². The van der Waals surface area contributed by atoms with Crippen LogP contribution in [0.5, 0.6) is 5.75 Å². The summed E-state index contributed by atoms with van der Waals surface area (Å²) in [5.74, 6) is 1.37. The fourth-order valence-electron chi connectivity index (χ4n) is 4.32. The number of hydrogen-bond donors (Lipinski definition) is 1. The Bertz CT molecular complexity index is 1280. The molecule has 1 N–H and O–H groups in total. The topological polar surface area (TPSA) is 119 Å². The fourth-order valence-corrected chi connectivity index (χ4v) is 6.00. The molecule has 0 saturated carbocycles. The van der Waals surface area contributed by atoms with E-state index in [2.05, 4.69) is 34.7 Å². The van der Waals surface area contributed by atoms with Crippen molar-refractivity contribution >= 4 is 21.6 Å². The first-order chi connectivity index (χ1) is 16.2. The van der Waals surface area contributed by atoms with E-state index in [-0.39, 0.29) is 10.8 Å². The smallest absolute Gasteiger partial charge is 0.255 e. The molecule has 2 heterocycles. The highest BCUT2D eigenvalue weighted by molar-refractivity contribution is 7.89. The molecular weight excluding hydrogens is 456 g/mol. The summed E-state index contributed by atoms with van der Waals surface area (Å²) in [6.07, 6.45) is 1.02. The van der Waals surface area contributed by atoms with Crippen LogP contribution in [0, 0.1) is 18.8 Å². The van der Waals surface area contributed by atoms with E-state index in [9.17, 15) is 13.2 Å². The Labute approximate surface area is 199 Å². The van der Waals surface area contributed by atoms with E-state index in [1.807, 2.05) is 0 Å². The van der Waals surface area contributed by atoms with Crippen LogP contribution in [0.2, 0.25) is 0 Å². The number of aryl methyl sites for hydroxylation is 1. The van der Waals surface area contributed by atoms with E-state index in [1.165, 1.54) is 36.1 Å². The first-order valence-electron chi connectivity index (χ1n) is 11.0. The summed E-state index contributed by atoms with van der Waals surface area (Å²) in [4.78, 5) is 13.0. The summed E-state index contributed by atoms with van der Waals surface area (Å²) >= 11 is 0. The second kappa shape index (κ2) is 9.51. The number of carbonyl (C=O) groups is 1. The number of sulfonamides is 1. The molecule has 34 heavy (non-hydrogen) atoms. The molecule has 3 aromatic rings. The minimum Gasteiger partial charge on any atom is -0.494 e. The van der Waals surface area contributed by atoms with Crippen LogP contribution >= 0.6 is 0 Å². The summed E-state index contributed by atoms with van der Waals surface area (Å²) in [6, 6.07) is 11.1. The number of methoxy groups -OCH3 is 1. The third kappa shape index (κ3) is 4.80. The Morgan fingerprint density at radius 3 is 2.35 bits per heavy atom. The number of aromatic nitrogens is 4. The van der Waals surface area contributed by atoms with Gasteiger partial charge in [-0.2, -0.15) is 8.99 Å². The molecule has 2 aromatic carbocycles. The summed E-state index contributed by atoms with van der Waals surface area (Å²) in [7, 11) is -2.07. The van der Waals surface area contributed by atoms with Crippen LogP contribution in [0.4, 0.5) is 5.69 Å². The average molecular weight is 485 g/mol. The fraction of sp³-hybridized carbons (Fsp3) is 0.391. The van der Waals surface area contributed by atoms with Gasteiger partial charge in [0.15, 0.2) is 5.82 Å². The molecule has 1 aliphatic heterocycles. The van der Waals surface area contributed by atoms with Gasteiger partial charge in [0, 0.05) is 24.3 Å². The Balaban J connectivity index is 1.52. The molecule has 1 aliphatic rings. The first-order valence-corrected chi connectivity index (χ1v) is 12.5. The van der Waals surface area contributed by atoms with Gasteiger partial charge in [-0.3, -0.25) is 4.79 Å². The zero-order valence-electron chi connectivity index (χ0n) is 19.6.